The Hall–Kier alpha value is -2.63. The monoisotopic (exact) mass is 433 g/mol. The number of nitrogens with one attached hydrogen (secondary N) is 1. The Morgan fingerprint density at radius 1 is 1.33 bits per heavy atom. The summed E-state index contributed by atoms with van der Waals surface area (Å²) in [6.07, 6.45) is 8.45. The maximum Gasteiger partial charge on any atom is 0.353 e. The fourth-order valence-corrected chi connectivity index (χ4v) is 3.75. The number of aromatic carboxylic acids is 1. The number of nitrogens with zero attached hydrogens (tertiary/aromatic N) is 2. The standard InChI is InChI=1S/C20H25N3O4S.C2H6/c1-13(2)28(26,27)22-11-10-15-6-5-7-16(9-8-15)18-17(12-21)14(3)23(4)19(18)20(24)25;1-2/h5-6,8-9,13,22H,7,10-11H2,1-4H3,(H,24,25);1-2H3. The molecule has 1 aliphatic carbocycles. The molecule has 2 N–H and O–H groups in total. The molecular formula is C22H31N3O4S. The molecule has 0 atom stereocenters. The summed E-state index contributed by atoms with van der Waals surface area (Å²) in [4.78, 5) is 11.8. The molecule has 0 saturated carbocycles. The van der Waals surface area contributed by atoms with Crippen molar-refractivity contribution in [2.45, 2.75) is 52.7 Å². The van der Waals surface area contributed by atoms with Gasteiger partial charge in [0.25, 0.3) is 0 Å². The van der Waals surface area contributed by atoms with Gasteiger partial charge in [0, 0.05) is 24.8 Å². The molecule has 30 heavy (non-hydrogen) atoms. The molecule has 0 bridgehead atoms. The zero-order chi connectivity index (χ0) is 23.1. The minimum absolute atomic E-state index is 0.0928. The van der Waals surface area contributed by atoms with E-state index >= 15 is 0 Å². The van der Waals surface area contributed by atoms with E-state index in [0.717, 1.165) is 11.1 Å². The van der Waals surface area contributed by atoms with Gasteiger partial charge in [-0.15, -0.1) is 0 Å². The van der Waals surface area contributed by atoms with Gasteiger partial charge in [-0.1, -0.05) is 38.2 Å². The van der Waals surface area contributed by atoms with Crippen LogP contribution in [0.3, 0.4) is 0 Å². The van der Waals surface area contributed by atoms with E-state index in [2.05, 4.69) is 10.8 Å². The SMILES string of the molecule is CC.Cc1c(C#N)c(C2=CC=C(CCNS(=O)(=O)C(C)C)C=CC2)c(C(=O)O)n1C. The minimum atomic E-state index is -3.31. The molecule has 0 radical (unpaired) electrons. The molecule has 2 rings (SSSR count). The molecule has 1 aromatic rings. The van der Waals surface area contributed by atoms with Crippen LogP contribution in [-0.4, -0.2) is 35.9 Å². The van der Waals surface area contributed by atoms with Crippen molar-refractivity contribution in [1.29, 1.82) is 5.26 Å². The van der Waals surface area contributed by atoms with Gasteiger partial charge < -0.3 is 9.67 Å². The Bertz CT molecular complexity index is 1020. The van der Waals surface area contributed by atoms with E-state index in [-0.39, 0.29) is 12.2 Å². The molecule has 0 aromatic carbocycles. The molecule has 0 fully saturated rings. The maximum absolute atomic E-state index is 11.8. The van der Waals surface area contributed by atoms with Gasteiger partial charge in [0.15, 0.2) is 0 Å². The van der Waals surface area contributed by atoms with E-state index < -0.39 is 21.2 Å². The lowest BCUT2D eigenvalue weighted by molar-refractivity contribution is 0.0686. The number of sulfonamides is 1. The average Bonchev–Trinajstić information content (AvgIpc) is 2.84. The third kappa shape index (κ3) is 5.71. The normalized spacial score (nSPS) is 13.7. The minimum Gasteiger partial charge on any atom is -0.477 e. The fraction of sp³-hybridized carbons (Fsp3) is 0.455. The van der Waals surface area contributed by atoms with Gasteiger partial charge in [0.2, 0.25) is 10.0 Å². The van der Waals surface area contributed by atoms with Gasteiger partial charge >= 0.3 is 5.97 Å². The summed E-state index contributed by atoms with van der Waals surface area (Å²) in [5, 5.41) is 18.7. The summed E-state index contributed by atoms with van der Waals surface area (Å²) in [7, 11) is -1.67. The first-order valence-electron chi connectivity index (χ1n) is 9.98. The van der Waals surface area contributed by atoms with Crippen LogP contribution >= 0.6 is 0 Å². The molecule has 1 heterocycles. The molecule has 0 unspecified atom stereocenters. The zero-order valence-corrected chi connectivity index (χ0v) is 19.3. The molecule has 7 nitrogen and oxygen atoms in total. The third-order valence-electron chi connectivity index (χ3n) is 4.83. The first kappa shape index (κ1) is 25.4. The first-order chi connectivity index (χ1) is 14.1. The molecule has 1 aromatic heterocycles. The van der Waals surface area contributed by atoms with Crippen LogP contribution in [0, 0.1) is 18.3 Å². The van der Waals surface area contributed by atoms with Crippen molar-refractivity contribution in [3.05, 3.63) is 52.4 Å². The highest BCUT2D eigenvalue weighted by Gasteiger charge is 2.25. The smallest absolute Gasteiger partial charge is 0.353 e. The molecule has 0 aliphatic heterocycles. The lowest BCUT2D eigenvalue weighted by Crippen LogP contribution is -2.31. The Balaban J connectivity index is 0.00000218. The highest BCUT2D eigenvalue weighted by atomic mass is 32.2. The van der Waals surface area contributed by atoms with Crippen molar-refractivity contribution >= 4 is 21.6 Å². The van der Waals surface area contributed by atoms with Crippen molar-refractivity contribution in [3.63, 3.8) is 0 Å². The number of carboxylic acids is 1. The number of allylic oxidation sites excluding steroid dienone is 5. The van der Waals surface area contributed by atoms with Gasteiger partial charge in [0.05, 0.1) is 10.8 Å². The molecule has 1 aliphatic rings. The second kappa shape index (κ2) is 11.0. The summed E-state index contributed by atoms with van der Waals surface area (Å²) in [5.74, 6) is -1.08. The Labute approximate surface area is 179 Å². The van der Waals surface area contributed by atoms with Crippen molar-refractivity contribution in [2.24, 2.45) is 7.05 Å². The number of carboxylic acid groups (broad SMARTS) is 1. The largest absolute Gasteiger partial charge is 0.477 e. The number of rotatable bonds is 7. The summed E-state index contributed by atoms with van der Waals surface area (Å²) >= 11 is 0. The van der Waals surface area contributed by atoms with Crippen molar-refractivity contribution in [3.8, 4) is 6.07 Å². The van der Waals surface area contributed by atoms with Crippen LogP contribution in [0.2, 0.25) is 0 Å². The van der Waals surface area contributed by atoms with Crippen molar-refractivity contribution in [1.82, 2.24) is 9.29 Å². The topological polar surface area (TPSA) is 112 Å². The number of aromatic nitrogens is 1. The van der Waals surface area contributed by atoms with E-state index in [4.69, 9.17) is 0 Å². The quantitative estimate of drug-likeness (QED) is 0.677. The van der Waals surface area contributed by atoms with E-state index in [1.807, 2.05) is 38.2 Å². The van der Waals surface area contributed by atoms with Crippen LogP contribution in [0.4, 0.5) is 0 Å². The number of hydrogen-bond acceptors (Lipinski definition) is 4. The third-order valence-corrected chi connectivity index (χ3v) is 6.68. The van der Waals surface area contributed by atoms with Crippen molar-refractivity contribution < 1.29 is 18.3 Å². The van der Waals surface area contributed by atoms with Gasteiger partial charge in [-0.05, 0) is 44.8 Å². The van der Waals surface area contributed by atoms with Crippen molar-refractivity contribution in [2.75, 3.05) is 6.54 Å². The van der Waals surface area contributed by atoms with Crippen LogP contribution in [0.1, 0.15) is 67.8 Å². The highest BCUT2D eigenvalue weighted by Crippen LogP contribution is 2.32. The molecular weight excluding hydrogens is 402 g/mol. The van der Waals surface area contributed by atoms with E-state index in [1.54, 1.807) is 27.8 Å². The van der Waals surface area contributed by atoms with Crippen LogP contribution in [-0.2, 0) is 17.1 Å². The average molecular weight is 434 g/mol. The zero-order valence-electron chi connectivity index (χ0n) is 18.5. The summed E-state index contributed by atoms with van der Waals surface area (Å²) in [5.41, 5.74) is 3.17. The molecule has 0 saturated heterocycles. The Morgan fingerprint density at radius 3 is 2.50 bits per heavy atom. The number of nitriles is 1. The molecule has 8 heteroatoms. The van der Waals surface area contributed by atoms with Crippen LogP contribution in [0.25, 0.3) is 5.57 Å². The predicted octanol–water partition coefficient (Wildman–Crippen LogP) is 3.92. The van der Waals surface area contributed by atoms with Gasteiger partial charge in [0.1, 0.15) is 11.8 Å². The van der Waals surface area contributed by atoms with Gasteiger partial charge in [-0.3, -0.25) is 0 Å². The summed E-state index contributed by atoms with van der Waals surface area (Å²) in [6.45, 7) is 9.26. The lowest BCUT2D eigenvalue weighted by atomic mass is 9.98. The Morgan fingerprint density at radius 2 is 1.97 bits per heavy atom. The summed E-state index contributed by atoms with van der Waals surface area (Å²) < 4.78 is 27.8. The fourth-order valence-electron chi connectivity index (χ4n) is 3.03. The second-order valence-electron chi connectivity index (χ2n) is 6.94. The Kier molecular flexibility index (Phi) is 9.27. The van der Waals surface area contributed by atoms with Gasteiger partial charge in [-0.25, -0.2) is 17.9 Å². The molecule has 0 spiro atoms. The predicted molar refractivity (Wildman–Crippen MR) is 120 cm³/mol. The second-order valence-corrected chi connectivity index (χ2v) is 9.26. The van der Waals surface area contributed by atoms with Gasteiger partial charge in [-0.2, -0.15) is 5.26 Å². The number of carbonyl (C=O) groups is 1. The molecule has 0 amide bonds. The van der Waals surface area contributed by atoms with E-state index in [1.165, 1.54) is 4.57 Å². The van der Waals surface area contributed by atoms with Crippen LogP contribution in [0.5, 0.6) is 0 Å². The van der Waals surface area contributed by atoms with Crippen LogP contribution in [0.15, 0.2) is 29.9 Å². The summed E-state index contributed by atoms with van der Waals surface area (Å²) in [6, 6.07) is 2.12. The van der Waals surface area contributed by atoms with E-state index in [0.29, 0.717) is 29.7 Å². The maximum atomic E-state index is 11.8. The highest BCUT2D eigenvalue weighted by molar-refractivity contribution is 7.90. The van der Waals surface area contributed by atoms with Crippen LogP contribution < -0.4 is 4.72 Å². The lowest BCUT2D eigenvalue weighted by Gasteiger charge is -2.09. The molecule has 164 valence electrons. The number of hydrogen-bond donors (Lipinski definition) is 2. The first-order valence-corrected chi connectivity index (χ1v) is 11.5. The van der Waals surface area contributed by atoms with E-state index in [9.17, 15) is 23.6 Å².